The topological polar surface area (TPSA) is 15.7 Å². The van der Waals surface area contributed by atoms with E-state index in [1.54, 1.807) is 12.1 Å². The number of halogens is 1. The van der Waals surface area contributed by atoms with E-state index < -0.39 is 0 Å². The standard InChI is InChI=1S/C19H31FN2O/c1-4-23-13-12-21-10-5-11-22(19(15-21)16(2)3)14-17-6-8-18(20)9-7-17/h6-9,16,19H,4-5,10-15H2,1-3H3. The summed E-state index contributed by atoms with van der Waals surface area (Å²) in [6.07, 6.45) is 1.18. The van der Waals surface area contributed by atoms with Crippen molar-refractivity contribution in [1.29, 1.82) is 0 Å². The maximum Gasteiger partial charge on any atom is 0.123 e. The van der Waals surface area contributed by atoms with Gasteiger partial charge >= 0.3 is 0 Å². The van der Waals surface area contributed by atoms with Crippen LogP contribution in [0.3, 0.4) is 0 Å². The van der Waals surface area contributed by atoms with E-state index >= 15 is 0 Å². The Morgan fingerprint density at radius 1 is 1.22 bits per heavy atom. The fraction of sp³-hybridized carbons (Fsp3) is 0.684. The van der Waals surface area contributed by atoms with Crippen LogP contribution in [0.25, 0.3) is 0 Å². The van der Waals surface area contributed by atoms with E-state index in [1.807, 2.05) is 19.1 Å². The molecule has 4 heteroatoms. The third-order valence-corrected chi connectivity index (χ3v) is 4.66. The summed E-state index contributed by atoms with van der Waals surface area (Å²) in [5.41, 5.74) is 1.19. The van der Waals surface area contributed by atoms with Gasteiger partial charge in [0.05, 0.1) is 6.61 Å². The Balaban J connectivity index is 1.99. The summed E-state index contributed by atoms with van der Waals surface area (Å²) in [5.74, 6) is 0.440. The van der Waals surface area contributed by atoms with Crippen molar-refractivity contribution in [3.8, 4) is 0 Å². The molecule has 1 unspecified atom stereocenters. The van der Waals surface area contributed by atoms with Crippen molar-refractivity contribution in [1.82, 2.24) is 9.80 Å². The van der Waals surface area contributed by atoms with Gasteiger partial charge in [-0.2, -0.15) is 0 Å². The molecule has 0 amide bonds. The lowest BCUT2D eigenvalue weighted by atomic mass is 10.0. The van der Waals surface area contributed by atoms with Crippen LogP contribution in [-0.4, -0.2) is 55.2 Å². The molecular formula is C19H31FN2O. The lowest BCUT2D eigenvalue weighted by molar-refractivity contribution is 0.0946. The van der Waals surface area contributed by atoms with Gasteiger partial charge in [-0.15, -0.1) is 0 Å². The Kier molecular flexibility index (Phi) is 7.47. The molecule has 0 spiro atoms. The average molecular weight is 322 g/mol. The molecule has 3 nitrogen and oxygen atoms in total. The third kappa shape index (κ3) is 5.87. The zero-order valence-electron chi connectivity index (χ0n) is 14.8. The van der Waals surface area contributed by atoms with Gasteiger partial charge in [0, 0.05) is 38.8 Å². The maximum absolute atomic E-state index is 13.1. The lowest BCUT2D eigenvalue weighted by Gasteiger charge is -2.34. The van der Waals surface area contributed by atoms with Gasteiger partial charge < -0.3 is 4.74 Å². The Bertz CT molecular complexity index is 449. The summed E-state index contributed by atoms with van der Waals surface area (Å²) in [6, 6.07) is 7.47. The van der Waals surface area contributed by atoms with Crippen LogP contribution in [0.15, 0.2) is 24.3 Å². The average Bonchev–Trinajstić information content (AvgIpc) is 2.72. The Morgan fingerprint density at radius 3 is 2.61 bits per heavy atom. The van der Waals surface area contributed by atoms with Crippen LogP contribution in [0.2, 0.25) is 0 Å². The van der Waals surface area contributed by atoms with E-state index in [2.05, 4.69) is 23.6 Å². The summed E-state index contributed by atoms with van der Waals surface area (Å²) < 4.78 is 18.6. The predicted octanol–water partition coefficient (Wildman–Crippen LogP) is 3.39. The smallest absolute Gasteiger partial charge is 0.123 e. The van der Waals surface area contributed by atoms with Crippen molar-refractivity contribution in [2.24, 2.45) is 5.92 Å². The fourth-order valence-corrected chi connectivity index (χ4v) is 3.33. The second kappa shape index (κ2) is 9.36. The number of nitrogens with zero attached hydrogens (tertiary/aromatic N) is 2. The van der Waals surface area contributed by atoms with E-state index in [1.165, 1.54) is 12.0 Å². The molecule has 1 aromatic carbocycles. The quantitative estimate of drug-likeness (QED) is 0.716. The largest absolute Gasteiger partial charge is 0.380 e. The molecule has 0 saturated carbocycles. The molecule has 1 atom stereocenters. The van der Waals surface area contributed by atoms with Gasteiger partial charge in [0.25, 0.3) is 0 Å². The lowest BCUT2D eigenvalue weighted by Crippen LogP contribution is -2.44. The van der Waals surface area contributed by atoms with E-state index in [0.29, 0.717) is 12.0 Å². The van der Waals surface area contributed by atoms with E-state index in [4.69, 9.17) is 4.74 Å². The van der Waals surface area contributed by atoms with Crippen molar-refractivity contribution in [2.75, 3.05) is 39.4 Å². The zero-order chi connectivity index (χ0) is 16.7. The van der Waals surface area contributed by atoms with Gasteiger partial charge in [-0.05, 0) is 43.5 Å². The van der Waals surface area contributed by atoms with Gasteiger partial charge in [0.2, 0.25) is 0 Å². The van der Waals surface area contributed by atoms with Crippen molar-refractivity contribution < 1.29 is 9.13 Å². The minimum Gasteiger partial charge on any atom is -0.380 e. The molecule has 1 aromatic rings. The van der Waals surface area contributed by atoms with Gasteiger partial charge in [0.1, 0.15) is 5.82 Å². The van der Waals surface area contributed by atoms with Gasteiger partial charge in [-0.25, -0.2) is 4.39 Å². The number of ether oxygens (including phenoxy) is 1. The highest BCUT2D eigenvalue weighted by molar-refractivity contribution is 5.16. The molecule has 0 aromatic heterocycles. The molecule has 1 aliphatic rings. The van der Waals surface area contributed by atoms with Gasteiger partial charge in [-0.1, -0.05) is 26.0 Å². The summed E-state index contributed by atoms with van der Waals surface area (Å²) in [4.78, 5) is 5.10. The number of benzene rings is 1. The van der Waals surface area contributed by atoms with Crippen molar-refractivity contribution in [3.63, 3.8) is 0 Å². The molecule has 130 valence electrons. The molecule has 0 N–H and O–H groups in total. The van der Waals surface area contributed by atoms with Crippen LogP contribution in [0.5, 0.6) is 0 Å². The Labute approximate surface area is 140 Å². The number of hydrogen-bond donors (Lipinski definition) is 0. The predicted molar refractivity (Wildman–Crippen MR) is 93.0 cm³/mol. The minimum absolute atomic E-state index is 0.160. The number of hydrogen-bond acceptors (Lipinski definition) is 3. The summed E-state index contributed by atoms with van der Waals surface area (Å²) in [7, 11) is 0. The first-order chi connectivity index (χ1) is 11.1. The van der Waals surface area contributed by atoms with E-state index in [0.717, 1.165) is 45.9 Å². The van der Waals surface area contributed by atoms with E-state index in [-0.39, 0.29) is 5.82 Å². The molecule has 23 heavy (non-hydrogen) atoms. The summed E-state index contributed by atoms with van der Waals surface area (Å²) >= 11 is 0. The minimum atomic E-state index is -0.160. The van der Waals surface area contributed by atoms with Crippen LogP contribution >= 0.6 is 0 Å². The first kappa shape index (κ1) is 18.4. The van der Waals surface area contributed by atoms with Crippen LogP contribution in [0.1, 0.15) is 32.8 Å². The van der Waals surface area contributed by atoms with Gasteiger partial charge in [-0.3, -0.25) is 9.80 Å². The maximum atomic E-state index is 13.1. The highest BCUT2D eigenvalue weighted by atomic mass is 19.1. The second-order valence-electron chi connectivity index (χ2n) is 6.76. The van der Waals surface area contributed by atoms with Crippen molar-refractivity contribution >= 4 is 0 Å². The van der Waals surface area contributed by atoms with Crippen LogP contribution in [0.4, 0.5) is 4.39 Å². The van der Waals surface area contributed by atoms with Gasteiger partial charge in [0.15, 0.2) is 0 Å². The molecule has 1 fully saturated rings. The van der Waals surface area contributed by atoms with Crippen LogP contribution in [-0.2, 0) is 11.3 Å². The highest BCUT2D eigenvalue weighted by Crippen LogP contribution is 2.20. The van der Waals surface area contributed by atoms with Crippen LogP contribution < -0.4 is 0 Å². The molecule has 1 saturated heterocycles. The molecule has 0 radical (unpaired) electrons. The Hall–Kier alpha value is -0.970. The normalized spacial score (nSPS) is 20.8. The van der Waals surface area contributed by atoms with Crippen LogP contribution in [0, 0.1) is 11.7 Å². The fourth-order valence-electron chi connectivity index (χ4n) is 3.33. The van der Waals surface area contributed by atoms with E-state index in [9.17, 15) is 4.39 Å². The zero-order valence-corrected chi connectivity index (χ0v) is 14.8. The Morgan fingerprint density at radius 2 is 1.96 bits per heavy atom. The third-order valence-electron chi connectivity index (χ3n) is 4.66. The molecule has 0 aliphatic carbocycles. The second-order valence-corrected chi connectivity index (χ2v) is 6.76. The first-order valence-electron chi connectivity index (χ1n) is 8.88. The first-order valence-corrected chi connectivity index (χ1v) is 8.88. The van der Waals surface area contributed by atoms with Crippen molar-refractivity contribution in [3.05, 3.63) is 35.6 Å². The molecule has 2 rings (SSSR count). The van der Waals surface area contributed by atoms with Crippen molar-refractivity contribution in [2.45, 2.75) is 39.8 Å². The summed E-state index contributed by atoms with van der Waals surface area (Å²) in [5, 5.41) is 0. The summed E-state index contributed by atoms with van der Waals surface area (Å²) in [6.45, 7) is 13.5. The number of rotatable bonds is 7. The molecule has 0 bridgehead atoms. The molecule has 1 heterocycles. The monoisotopic (exact) mass is 322 g/mol. The highest BCUT2D eigenvalue weighted by Gasteiger charge is 2.27. The SMILES string of the molecule is CCOCCN1CCCN(Cc2ccc(F)cc2)C(C(C)C)C1. The molecule has 1 aliphatic heterocycles. The molecular weight excluding hydrogens is 291 g/mol.